The van der Waals surface area contributed by atoms with Crippen LogP contribution in [-0.4, -0.2) is 42.2 Å². The molecule has 1 N–H and O–H groups in total. The summed E-state index contributed by atoms with van der Waals surface area (Å²) >= 11 is 0. The fourth-order valence-electron chi connectivity index (χ4n) is 4.62. The molecule has 1 amide bonds. The molecule has 0 radical (unpaired) electrons. The zero-order chi connectivity index (χ0) is 18.5. The van der Waals surface area contributed by atoms with Crippen molar-refractivity contribution in [2.24, 2.45) is 11.1 Å². The van der Waals surface area contributed by atoms with Crippen molar-refractivity contribution in [2.45, 2.75) is 63.5 Å². The van der Waals surface area contributed by atoms with E-state index in [9.17, 15) is 4.79 Å². The minimum absolute atomic E-state index is 0.0563. The van der Waals surface area contributed by atoms with E-state index in [1.54, 1.807) is 0 Å². The minimum atomic E-state index is -0.135. The normalized spacial score (nSPS) is 25.0. The summed E-state index contributed by atoms with van der Waals surface area (Å²) in [6, 6.07) is 10.2. The molecule has 1 unspecified atom stereocenters. The molecule has 3 aliphatic rings. The molecule has 27 heavy (non-hydrogen) atoms. The molecule has 1 aromatic rings. The summed E-state index contributed by atoms with van der Waals surface area (Å²) in [6.07, 6.45) is 9.53. The maximum atomic E-state index is 12.6. The summed E-state index contributed by atoms with van der Waals surface area (Å²) in [5, 5.41) is 7.23. The van der Waals surface area contributed by atoms with E-state index in [1.807, 2.05) is 30.3 Å². The van der Waals surface area contributed by atoms with Gasteiger partial charge in [0.2, 0.25) is 0 Å². The molecule has 0 aromatic heterocycles. The Morgan fingerprint density at radius 1 is 1.07 bits per heavy atom. The van der Waals surface area contributed by atoms with Crippen molar-refractivity contribution in [1.82, 2.24) is 10.2 Å². The van der Waals surface area contributed by atoms with E-state index in [0.717, 1.165) is 37.4 Å². The number of hydrogen-bond donors (Lipinski definition) is 1. The van der Waals surface area contributed by atoms with E-state index in [4.69, 9.17) is 4.84 Å². The number of piperidine rings is 1. The van der Waals surface area contributed by atoms with E-state index >= 15 is 0 Å². The maximum Gasteiger partial charge on any atom is 0.269 e. The van der Waals surface area contributed by atoms with Gasteiger partial charge in [-0.1, -0.05) is 54.8 Å². The van der Waals surface area contributed by atoms with Gasteiger partial charge in [0, 0.05) is 32.1 Å². The molecule has 1 aliphatic carbocycles. The van der Waals surface area contributed by atoms with Gasteiger partial charge in [-0.2, -0.15) is 0 Å². The zero-order valence-electron chi connectivity index (χ0n) is 16.1. The van der Waals surface area contributed by atoms with Gasteiger partial charge in [-0.05, 0) is 37.2 Å². The number of benzene rings is 1. The lowest BCUT2D eigenvalue weighted by Gasteiger charge is -2.35. The van der Waals surface area contributed by atoms with Gasteiger partial charge in [0.1, 0.15) is 5.71 Å². The van der Waals surface area contributed by atoms with Crippen molar-refractivity contribution in [1.29, 1.82) is 0 Å². The number of nitrogens with one attached hydrogen (secondary N) is 1. The van der Waals surface area contributed by atoms with Crippen LogP contribution in [0, 0.1) is 5.92 Å². The molecule has 2 fully saturated rings. The van der Waals surface area contributed by atoms with Crippen molar-refractivity contribution < 1.29 is 9.63 Å². The number of likely N-dealkylation sites (tertiary alicyclic amines) is 1. The topological polar surface area (TPSA) is 53.9 Å². The van der Waals surface area contributed by atoms with Crippen LogP contribution in [0.4, 0.5) is 0 Å². The molecule has 0 spiro atoms. The second kappa shape index (κ2) is 8.87. The van der Waals surface area contributed by atoms with Gasteiger partial charge in [0.25, 0.3) is 5.91 Å². The fraction of sp³-hybridized carbons (Fsp3) is 0.636. The van der Waals surface area contributed by atoms with Crippen LogP contribution in [0.15, 0.2) is 35.5 Å². The second-order valence-corrected chi connectivity index (χ2v) is 8.30. The largest absolute Gasteiger partial charge is 0.387 e. The van der Waals surface area contributed by atoms with Crippen LogP contribution < -0.4 is 5.32 Å². The molecule has 1 saturated carbocycles. The molecule has 4 rings (SSSR count). The zero-order valence-corrected chi connectivity index (χ0v) is 16.1. The average molecular weight is 370 g/mol. The number of rotatable bonds is 5. The van der Waals surface area contributed by atoms with Crippen LogP contribution in [0.2, 0.25) is 0 Å². The van der Waals surface area contributed by atoms with Gasteiger partial charge < -0.3 is 15.1 Å². The number of amides is 1. The predicted molar refractivity (Wildman–Crippen MR) is 106 cm³/mol. The van der Waals surface area contributed by atoms with Crippen LogP contribution >= 0.6 is 0 Å². The second-order valence-electron chi connectivity index (χ2n) is 8.30. The fourth-order valence-corrected chi connectivity index (χ4v) is 4.62. The number of nitrogens with zero attached hydrogens (tertiary/aromatic N) is 2. The third-order valence-electron chi connectivity index (χ3n) is 6.27. The first-order valence-corrected chi connectivity index (χ1v) is 10.6. The maximum absolute atomic E-state index is 12.6. The van der Waals surface area contributed by atoms with E-state index in [-0.39, 0.29) is 18.1 Å². The first kappa shape index (κ1) is 18.5. The lowest BCUT2D eigenvalue weighted by atomic mass is 9.88. The molecule has 1 saturated heterocycles. The summed E-state index contributed by atoms with van der Waals surface area (Å²) in [4.78, 5) is 20.6. The van der Waals surface area contributed by atoms with Crippen molar-refractivity contribution in [3.8, 4) is 0 Å². The molecule has 146 valence electrons. The van der Waals surface area contributed by atoms with Gasteiger partial charge in [0.05, 0.1) is 0 Å². The lowest BCUT2D eigenvalue weighted by Crippen LogP contribution is -2.47. The van der Waals surface area contributed by atoms with E-state index in [1.165, 1.54) is 38.6 Å². The number of carbonyl (C=O) groups is 1. The Hall–Kier alpha value is -1.88. The minimum Gasteiger partial charge on any atom is -0.387 e. The standard InChI is InChI=1S/C22H31N3O2/c26-22(20-15-21(27-24-20)18-9-5-2-6-10-18)23-19-11-13-25(14-12-19)16-17-7-3-1-4-8-17/h2,5-6,9-10,17,19,21H,1,3-4,7-8,11-16H2,(H,23,26). The molecular formula is C22H31N3O2. The summed E-state index contributed by atoms with van der Waals surface area (Å²) < 4.78 is 0. The molecule has 1 aromatic carbocycles. The first-order valence-electron chi connectivity index (χ1n) is 10.6. The summed E-state index contributed by atoms with van der Waals surface area (Å²) in [7, 11) is 0. The van der Waals surface area contributed by atoms with Crippen LogP contribution in [0.3, 0.4) is 0 Å². The summed E-state index contributed by atoms with van der Waals surface area (Å²) in [6.45, 7) is 3.44. The van der Waals surface area contributed by atoms with E-state index in [2.05, 4.69) is 15.4 Å². The third kappa shape index (κ3) is 4.89. The predicted octanol–water partition coefficient (Wildman–Crippen LogP) is 3.66. The van der Waals surface area contributed by atoms with Gasteiger partial charge in [-0.3, -0.25) is 4.79 Å². The van der Waals surface area contributed by atoms with E-state index < -0.39 is 0 Å². The average Bonchev–Trinajstić information content (AvgIpc) is 3.21. The van der Waals surface area contributed by atoms with Gasteiger partial charge in [-0.15, -0.1) is 0 Å². The molecular weight excluding hydrogens is 338 g/mol. The van der Waals surface area contributed by atoms with Crippen molar-refractivity contribution >= 4 is 11.6 Å². The monoisotopic (exact) mass is 369 g/mol. The van der Waals surface area contributed by atoms with Gasteiger partial charge >= 0.3 is 0 Å². The first-order chi connectivity index (χ1) is 13.3. The Labute approximate surface area is 162 Å². The van der Waals surface area contributed by atoms with Crippen molar-refractivity contribution in [2.75, 3.05) is 19.6 Å². The Kier molecular flexibility index (Phi) is 6.07. The summed E-state index contributed by atoms with van der Waals surface area (Å²) in [5.41, 5.74) is 1.59. The Balaban J connectivity index is 1.19. The molecule has 5 nitrogen and oxygen atoms in total. The molecule has 5 heteroatoms. The van der Waals surface area contributed by atoms with Crippen LogP contribution in [0.1, 0.15) is 63.0 Å². The van der Waals surface area contributed by atoms with Gasteiger partial charge in [0.15, 0.2) is 6.10 Å². The Morgan fingerprint density at radius 2 is 1.81 bits per heavy atom. The Morgan fingerprint density at radius 3 is 2.56 bits per heavy atom. The summed E-state index contributed by atoms with van der Waals surface area (Å²) in [5.74, 6) is 0.837. The van der Waals surface area contributed by atoms with Crippen LogP contribution in [0.5, 0.6) is 0 Å². The highest BCUT2D eigenvalue weighted by Crippen LogP contribution is 2.28. The van der Waals surface area contributed by atoms with Gasteiger partial charge in [-0.25, -0.2) is 0 Å². The smallest absolute Gasteiger partial charge is 0.269 e. The highest BCUT2D eigenvalue weighted by molar-refractivity contribution is 6.39. The molecule has 2 heterocycles. The number of carbonyl (C=O) groups excluding carboxylic acids is 1. The molecule has 0 bridgehead atoms. The highest BCUT2D eigenvalue weighted by Gasteiger charge is 2.29. The highest BCUT2D eigenvalue weighted by atomic mass is 16.6. The molecule has 1 atom stereocenters. The van der Waals surface area contributed by atoms with Crippen LogP contribution in [-0.2, 0) is 9.63 Å². The third-order valence-corrected chi connectivity index (χ3v) is 6.27. The Bertz CT molecular complexity index is 647. The van der Waals surface area contributed by atoms with E-state index in [0.29, 0.717) is 12.1 Å². The van der Waals surface area contributed by atoms with Crippen molar-refractivity contribution in [3.05, 3.63) is 35.9 Å². The number of hydrogen-bond acceptors (Lipinski definition) is 4. The van der Waals surface area contributed by atoms with Crippen LogP contribution in [0.25, 0.3) is 0 Å². The van der Waals surface area contributed by atoms with Crippen molar-refractivity contribution in [3.63, 3.8) is 0 Å². The SMILES string of the molecule is O=C(NC1CCN(CC2CCCCC2)CC1)C1=NOC(c2ccccc2)C1. The lowest BCUT2D eigenvalue weighted by molar-refractivity contribution is -0.115. The number of oxime groups is 1. The quantitative estimate of drug-likeness (QED) is 0.862. The molecule has 2 aliphatic heterocycles.